The van der Waals surface area contributed by atoms with E-state index in [-0.39, 0.29) is 17.7 Å². The van der Waals surface area contributed by atoms with Crippen LogP contribution in [0, 0.1) is 5.92 Å². The van der Waals surface area contributed by atoms with Gasteiger partial charge in [-0.1, -0.05) is 50.6 Å². The lowest BCUT2D eigenvalue weighted by molar-refractivity contribution is -0.144. The summed E-state index contributed by atoms with van der Waals surface area (Å²) in [6, 6.07) is 7.52. The second kappa shape index (κ2) is 9.53. The second-order valence-electron chi connectivity index (χ2n) is 6.48. The van der Waals surface area contributed by atoms with E-state index in [9.17, 15) is 9.90 Å². The Morgan fingerprint density at radius 3 is 2.38 bits per heavy atom. The van der Waals surface area contributed by atoms with E-state index in [1.165, 1.54) is 0 Å². The Kier molecular flexibility index (Phi) is 8.39. The lowest BCUT2D eigenvalue weighted by Gasteiger charge is -2.37. The van der Waals surface area contributed by atoms with E-state index >= 15 is 0 Å². The molecule has 0 saturated carbocycles. The normalized spacial score (nSPS) is 19.1. The van der Waals surface area contributed by atoms with Crippen LogP contribution in [0.15, 0.2) is 30.3 Å². The fourth-order valence-corrected chi connectivity index (χ4v) is 2.73. The molecule has 0 spiro atoms. The van der Waals surface area contributed by atoms with Gasteiger partial charge < -0.3 is 21.9 Å². The molecule has 24 heavy (non-hydrogen) atoms. The van der Waals surface area contributed by atoms with Crippen molar-refractivity contribution in [3.8, 4) is 0 Å². The lowest BCUT2D eigenvalue weighted by atomic mass is 9.77. The van der Waals surface area contributed by atoms with Crippen molar-refractivity contribution in [1.29, 1.82) is 0 Å². The smallest absolute Gasteiger partial charge is 0.187 e. The second-order valence-corrected chi connectivity index (χ2v) is 6.85. The maximum absolute atomic E-state index is 13.1. The molecule has 5 atom stereocenters. The number of thiol groups is 1. The number of carbonyl (C=O) groups excluding carboxylic acids is 1. The highest BCUT2D eigenvalue weighted by Crippen LogP contribution is 2.29. The van der Waals surface area contributed by atoms with Gasteiger partial charge in [-0.15, -0.1) is 0 Å². The van der Waals surface area contributed by atoms with Crippen molar-refractivity contribution in [1.82, 2.24) is 5.32 Å². The fourth-order valence-electron chi connectivity index (χ4n) is 2.60. The Morgan fingerprint density at radius 1 is 1.29 bits per heavy atom. The average Bonchev–Trinajstić information content (AvgIpc) is 2.63. The zero-order valence-electron chi connectivity index (χ0n) is 14.8. The highest BCUT2D eigenvalue weighted by Gasteiger charge is 2.46. The summed E-state index contributed by atoms with van der Waals surface area (Å²) in [4.78, 5) is 13.1. The molecule has 0 aliphatic carbocycles. The Bertz CT molecular complexity index is 514. The Labute approximate surface area is 150 Å². The third kappa shape index (κ3) is 4.80. The predicted octanol–water partition coefficient (Wildman–Crippen LogP) is 1.05. The van der Waals surface area contributed by atoms with Crippen LogP contribution < -0.4 is 16.8 Å². The molecule has 6 N–H and O–H groups in total. The maximum atomic E-state index is 13.1. The number of hydrogen-bond acceptors (Lipinski definition) is 6. The quantitative estimate of drug-likeness (QED) is 0.405. The van der Waals surface area contributed by atoms with Gasteiger partial charge in [0.2, 0.25) is 0 Å². The van der Waals surface area contributed by atoms with Crippen molar-refractivity contribution in [2.24, 2.45) is 17.4 Å². The average molecular weight is 354 g/mol. The summed E-state index contributed by atoms with van der Waals surface area (Å²) in [5.74, 6) is 0.131. The molecule has 0 heterocycles. The SMILES string of the molecule is CC[C@H](C)[C@H](N)C(=O)C(O)(c1ccccc1)[C@H](C)NC[C@@H](N)CS. The molecule has 0 aromatic heterocycles. The van der Waals surface area contributed by atoms with E-state index in [1.54, 1.807) is 31.2 Å². The largest absolute Gasteiger partial charge is 0.376 e. The van der Waals surface area contributed by atoms with Crippen LogP contribution in [-0.2, 0) is 10.4 Å². The van der Waals surface area contributed by atoms with Crippen molar-refractivity contribution in [3.05, 3.63) is 35.9 Å². The third-order valence-electron chi connectivity index (χ3n) is 4.70. The minimum atomic E-state index is -1.71. The molecule has 0 amide bonds. The number of nitrogens with one attached hydrogen (secondary N) is 1. The van der Waals surface area contributed by atoms with Gasteiger partial charge >= 0.3 is 0 Å². The molecule has 1 rings (SSSR count). The molecule has 1 unspecified atom stereocenters. The minimum absolute atomic E-state index is 0.0142. The number of nitrogens with two attached hydrogens (primary N) is 2. The highest BCUT2D eigenvalue weighted by molar-refractivity contribution is 7.80. The molecule has 0 aliphatic heterocycles. The lowest BCUT2D eigenvalue weighted by Crippen LogP contribution is -2.59. The van der Waals surface area contributed by atoms with E-state index in [1.807, 2.05) is 19.9 Å². The first kappa shape index (κ1) is 21.1. The molecule has 0 bridgehead atoms. The third-order valence-corrected chi connectivity index (χ3v) is 5.17. The van der Waals surface area contributed by atoms with Crippen LogP contribution in [0.1, 0.15) is 32.8 Å². The summed E-state index contributed by atoms with van der Waals surface area (Å²) in [6.07, 6.45) is 0.768. The predicted molar refractivity (Wildman–Crippen MR) is 102 cm³/mol. The molecule has 5 nitrogen and oxygen atoms in total. The minimum Gasteiger partial charge on any atom is -0.376 e. The summed E-state index contributed by atoms with van der Waals surface area (Å²) in [5.41, 5.74) is 10.8. The molecule has 0 aliphatic rings. The summed E-state index contributed by atoms with van der Waals surface area (Å²) in [7, 11) is 0. The number of Topliss-reactive ketones (excluding diaryl/α,β-unsaturated/α-hetero) is 1. The van der Waals surface area contributed by atoms with E-state index in [2.05, 4.69) is 17.9 Å². The maximum Gasteiger partial charge on any atom is 0.187 e. The van der Waals surface area contributed by atoms with Crippen LogP contribution in [0.3, 0.4) is 0 Å². The fraction of sp³-hybridized carbons (Fsp3) is 0.611. The molecule has 0 saturated heterocycles. The summed E-state index contributed by atoms with van der Waals surface area (Å²) >= 11 is 4.16. The zero-order chi connectivity index (χ0) is 18.3. The molecule has 136 valence electrons. The Morgan fingerprint density at radius 2 is 1.88 bits per heavy atom. The standard InChI is InChI=1S/C18H31N3O2S/c1-4-12(2)16(20)17(22)18(23,14-8-6-5-7-9-14)13(3)21-10-15(19)11-24/h5-9,12-13,15-16,21,23-24H,4,10-11,19-20H2,1-3H3/t12-,13-,15+,16-,18?/m0/s1. The Balaban J connectivity index is 3.15. The summed E-state index contributed by atoms with van der Waals surface area (Å²) < 4.78 is 0. The number of benzene rings is 1. The molecule has 1 aromatic carbocycles. The van der Waals surface area contributed by atoms with Crippen molar-refractivity contribution >= 4 is 18.4 Å². The number of hydrogen-bond donors (Lipinski definition) is 5. The number of carbonyl (C=O) groups is 1. The number of rotatable bonds is 10. The van der Waals surface area contributed by atoms with Crippen LogP contribution >= 0.6 is 12.6 Å². The van der Waals surface area contributed by atoms with Gasteiger partial charge in [0.1, 0.15) is 0 Å². The molecule has 6 heteroatoms. The van der Waals surface area contributed by atoms with Gasteiger partial charge in [-0.2, -0.15) is 12.6 Å². The van der Waals surface area contributed by atoms with Gasteiger partial charge in [0.25, 0.3) is 0 Å². The van der Waals surface area contributed by atoms with Crippen molar-refractivity contribution in [2.45, 2.75) is 50.9 Å². The highest BCUT2D eigenvalue weighted by atomic mass is 32.1. The molecular formula is C18H31N3O2S. The van der Waals surface area contributed by atoms with Gasteiger partial charge in [-0.25, -0.2) is 0 Å². The van der Waals surface area contributed by atoms with Gasteiger partial charge in [0, 0.05) is 24.4 Å². The zero-order valence-corrected chi connectivity index (χ0v) is 15.7. The van der Waals surface area contributed by atoms with Gasteiger partial charge in [0.05, 0.1) is 6.04 Å². The first-order chi connectivity index (χ1) is 11.3. The topological polar surface area (TPSA) is 101 Å². The van der Waals surface area contributed by atoms with Gasteiger partial charge in [-0.05, 0) is 18.4 Å². The van der Waals surface area contributed by atoms with Crippen LogP contribution in [0.4, 0.5) is 0 Å². The number of ketones is 1. The van der Waals surface area contributed by atoms with Crippen LogP contribution in [0.25, 0.3) is 0 Å². The molecule has 0 fully saturated rings. The van der Waals surface area contributed by atoms with Crippen LogP contribution in [0.2, 0.25) is 0 Å². The summed E-state index contributed by atoms with van der Waals surface area (Å²) in [5, 5.41) is 14.5. The van der Waals surface area contributed by atoms with Crippen LogP contribution in [0.5, 0.6) is 0 Å². The number of aliphatic hydroxyl groups is 1. The molecule has 1 aromatic rings. The molecular weight excluding hydrogens is 322 g/mol. The molecule has 0 radical (unpaired) electrons. The van der Waals surface area contributed by atoms with E-state index < -0.39 is 17.7 Å². The van der Waals surface area contributed by atoms with Crippen molar-refractivity contribution in [2.75, 3.05) is 12.3 Å². The monoisotopic (exact) mass is 353 g/mol. The van der Waals surface area contributed by atoms with Crippen molar-refractivity contribution in [3.63, 3.8) is 0 Å². The first-order valence-electron chi connectivity index (χ1n) is 8.46. The van der Waals surface area contributed by atoms with E-state index in [4.69, 9.17) is 11.5 Å². The van der Waals surface area contributed by atoms with E-state index in [0.717, 1.165) is 6.42 Å². The Hall–Kier alpha value is -0.920. The van der Waals surface area contributed by atoms with Gasteiger partial charge in [0.15, 0.2) is 11.4 Å². The van der Waals surface area contributed by atoms with E-state index in [0.29, 0.717) is 17.9 Å². The van der Waals surface area contributed by atoms with Crippen molar-refractivity contribution < 1.29 is 9.90 Å². The van der Waals surface area contributed by atoms with Gasteiger partial charge in [-0.3, -0.25) is 4.79 Å². The first-order valence-corrected chi connectivity index (χ1v) is 9.09. The van der Waals surface area contributed by atoms with Crippen LogP contribution in [-0.4, -0.2) is 41.3 Å². The summed E-state index contributed by atoms with van der Waals surface area (Å²) in [6.45, 7) is 6.13.